The fourth-order valence-corrected chi connectivity index (χ4v) is 4.60. The van der Waals surface area contributed by atoms with Gasteiger partial charge in [0.1, 0.15) is 4.90 Å². The fourth-order valence-electron chi connectivity index (χ4n) is 2.69. The first-order valence-electron chi connectivity index (χ1n) is 6.85. The van der Waals surface area contributed by atoms with Crippen LogP contribution in [0.4, 0.5) is 0 Å². The molecule has 0 saturated carbocycles. The minimum Gasteiger partial charge on any atom is -0.349 e. The predicted octanol–water partition coefficient (Wildman–Crippen LogP) is 1.57. The number of alkyl halides is 1. The molecule has 0 N–H and O–H groups in total. The molecule has 0 radical (unpaired) electrons. The van der Waals surface area contributed by atoms with Gasteiger partial charge in [-0.1, -0.05) is 0 Å². The van der Waals surface area contributed by atoms with Crippen LogP contribution in [-0.2, 0) is 22.4 Å². The molecule has 0 spiro atoms. The lowest BCUT2D eigenvalue weighted by Crippen LogP contribution is -2.52. The van der Waals surface area contributed by atoms with Gasteiger partial charge in [-0.3, -0.25) is 0 Å². The Morgan fingerprint density at radius 2 is 2.10 bits per heavy atom. The highest BCUT2D eigenvalue weighted by Crippen LogP contribution is 2.23. The number of halogens is 1. The highest BCUT2D eigenvalue weighted by atomic mass is 35.5. The van der Waals surface area contributed by atoms with Crippen LogP contribution < -0.4 is 0 Å². The van der Waals surface area contributed by atoms with E-state index in [4.69, 9.17) is 11.6 Å². The van der Waals surface area contributed by atoms with Gasteiger partial charge in [-0.25, -0.2) is 8.42 Å². The molecule has 1 aliphatic rings. The lowest BCUT2D eigenvalue weighted by molar-refractivity contribution is 0.170. The molecule has 7 heteroatoms. The van der Waals surface area contributed by atoms with E-state index in [1.54, 1.807) is 16.6 Å². The van der Waals surface area contributed by atoms with Gasteiger partial charge in [0.05, 0.1) is 5.88 Å². The third-order valence-corrected chi connectivity index (χ3v) is 6.07. The molecule has 1 aromatic rings. The van der Waals surface area contributed by atoms with Crippen LogP contribution in [0.3, 0.4) is 0 Å². The van der Waals surface area contributed by atoms with E-state index in [1.807, 2.05) is 25.5 Å². The summed E-state index contributed by atoms with van der Waals surface area (Å²) in [4.78, 5) is 2.50. The Bertz CT molecular complexity index is 549. The quantitative estimate of drug-likeness (QED) is 0.791. The maximum absolute atomic E-state index is 12.8. The molecule has 0 aromatic carbocycles. The van der Waals surface area contributed by atoms with E-state index >= 15 is 0 Å². The number of hydrogen-bond acceptors (Lipinski definition) is 3. The van der Waals surface area contributed by atoms with Gasteiger partial charge in [-0.2, -0.15) is 4.31 Å². The molecule has 0 bridgehead atoms. The summed E-state index contributed by atoms with van der Waals surface area (Å²) in [6.07, 6.45) is 1.69. The zero-order valence-electron chi connectivity index (χ0n) is 12.2. The normalized spacial score (nSPS) is 22.3. The van der Waals surface area contributed by atoms with Gasteiger partial charge < -0.3 is 9.47 Å². The molecular formula is C13H22ClN3O2S. The number of nitrogens with zero attached hydrogens (tertiary/aromatic N) is 3. The Morgan fingerprint density at radius 1 is 1.40 bits per heavy atom. The summed E-state index contributed by atoms with van der Waals surface area (Å²) < 4.78 is 29.0. The molecule has 114 valence electrons. The summed E-state index contributed by atoms with van der Waals surface area (Å²) in [7, 11) is -1.42. The summed E-state index contributed by atoms with van der Waals surface area (Å²) in [5, 5.41) is 0. The van der Waals surface area contributed by atoms with Crippen LogP contribution in [-0.4, -0.2) is 54.9 Å². The van der Waals surface area contributed by atoms with E-state index in [0.717, 1.165) is 25.3 Å². The second-order valence-electron chi connectivity index (χ2n) is 5.31. The van der Waals surface area contributed by atoms with Crippen molar-refractivity contribution in [2.75, 3.05) is 26.7 Å². The van der Waals surface area contributed by atoms with E-state index < -0.39 is 10.0 Å². The summed E-state index contributed by atoms with van der Waals surface area (Å²) in [5.41, 5.74) is 0.842. The summed E-state index contributed by atoms with van der Waals surface area (Å²) in [5.74, 6) is 0.321. The third-order valence-electron chi connectivity index (χ3n) is 3.81. The first-order valence-corrected chi connectivity index (χ1v) is 8.83. The largest absolute Gasteiger partial charge is 0.349 e. The molecule has 1 saturated heterocycles. The van der Waals surface area contributed by atoms with Gasteiger partial charge in [0.15, 0.2) is 0 Å². The Labute approximate surface area is 126 Å². The molecule has 1 aliphatic heterocycles. The zero-order chi connectivity index (χ0) is 14.9. The van der Waals surface area contributed by atoms with Crippen LogP contribution in [0.2, 0.25) is 0 Å². The van der Waals surface area contributed by atoms with Crippen molar-refractivity contribution in [3.8, 4) is 0 Å². The minimum atomic E-state index is -3.43. The van der Waals surface area contributed by atoms with E-state index in [0.29, 0.717) is 17.3 Å². The average Bonchev–Trinajstić information content (AvgIpc) is 2.82. The number of likely N-dealkylation sites (N-methyl/N-ethyl adjacent to an activating group) is 1. The average molecular weight is 320 g/mol. The molecule has 2 rings (SSSR count). The minimum absolute atomic E-state index is 0.0109. The van der Waals surface area contributed by atoms with Gasteiger partial charge in [0.25, 0.3) is 0 Å². The monoisotopic (exact) mass is 319 g/mol. The molecule has 2 heterocycles. The van der Waals surface area contributed by atoms with Crippen molar-refractivity contribution in [3.05, 3.63) is 18.0 Å². The Balaban J connectivity index is 2.32. The maximum atomic E-state index is 12.8. The smallest absolute Gasteiger partial charge is 0.244 e. The van der Waals surface area contributed by atoms with Crippen molar-refractivity contribution in [3.63, 3.8) is 0 Å². The fraction of sp³-hybridized carbons (Fsp3) is 0.692. The van der Waals surface area contributed by atoms with E-state index in [2.05, 4.69) is 4.90 Å². The molecule has 1 unspecified atom stereocenters. The van der Waals surface area contributed by atoms with E-state index in [-0.39, 0.29) is 6.04 Å². The predicted molar refractivity (Wildman–Crippen MR) is 80.5 cm³/mol. The third kappa shape index (κ3) is 2.88. The first kappa shape index (κ1) is 15.8. The van der Waals surface area contributed by atoms with Crippen LogP contribution >= 0.6 is 11.6 Å². The Hall–Kier alpha value is -0.560. The van der Waals surface area contributed by atoms with Crippen molar-refractivity contribution in [1.82, 2.24) is 13.8 Å². The molecule has 0 aliphatic carbocycles. The van der Waals surface area contributed by atoms with Crippen LogP contribution in [0, 0.1) is 0 Å². The van der Waals surface area contributed by atoms with Crippen LogP contribution in [0.5, 0.6) is 0 Å². The van der Waals surface area contributed by atoms with Crippen LogP contribution in [0.15, 0.2) is 17.2 Å². The molecular weight excluding hydrogens is 298 g/mol. The first-order chi connectivity index (χ1) is 9.40. The van der Waals surface area contributed by atoms with Crippen LogP contribution in [0.1, 0.15) is 19.5 Å². The number of rotatable bonds is 4. The Kier molecular flexibility index (Phi) is 4.79. The Morgan fingerprint density at radius 3 is 2.60 bits per heavy atom. The van der Waals surface area contributed by atoms with Gasteiger partial charge in [0.2, 0.25) is 10.0 Å². The highest BCUT2D eigenvalue weighted by molar-refractivity contribution is 7.89. The molecule has 20 heavy (non-hydrogen) atoms. The number of piperazine rings is 1. The second-order valence-corrected chi connectivity index (χ2v) is 7.47. The van der Waals surface area contributed by atoms with Crippen molar-refractivity contribution in [1.29, 1.82) is 0 Å². The lowest BCUT2D eigenvalue weighted by atomic mass is 10.2. The van der Waals surface area contributed by atoms with Gasteiger partial charge in [0, 0.05) is 44.1 Å². The second kappa shape index (κ2) is 6.05. The summed E-state index contributed by atoms with van der Waals surface area (Å²) in [6.45, 7) is 6.71. The molecule has 5 nitrogen and oxygen atoms in total. The van der Waals surface area contributed by atoms with Gasteiger partial charge in [-0.15, -0.1) is 11.6 Å². The number of sulfonamides is 1. The lowest BCUT2D eigenvalue weighted by Gasteiger charge is -2.36. The molecule has 1 atom stereocenters. The van der Waals surface area contributed by atoms with Gasteiger partial charge in [-0.05, 0) is 27.0 Å². The topological polar surface area (TPSA) is 45.6 Å². The SMILES string of the molecule is CCn1cc(S(=O)(=O)N2CCN(C)CC2C)cc1CCl. The summed E-state index contributed by atoms with van der Waals surface area (Å²) >= 11 is 5.87. The van der Waals surface area contributed by atoms with Crippen LogP contribution in [0.25, 0.3) is 0 Å². The van der Waals surface area contributed by atoms with E-state index in [9.17, 15) is 8.42 Å². The standard InChI is InChI=1S/C13H22ClN3O2S/c1-4-16-10-13(7-12(16)8-14)20(18,19)17-6-5-15(3)9-11(17)2/h7,10-11H,4-6,8-9H2,1-3H3. The van der Waals surface area contributed by atoms with Crippen molar-refractivity contribution in [2.24, 2.45) is 0 Å². The van der Waals surface area contributed by atoms with Crippen molar-refractivity contribution >= 4 is 21.6 Å². The van der Waals surface area contributed by atoms with Crippen molar-refractivity contribution < 1.29 is 8.42 Å². The molecule has 0 amide bonds. The number of hydrogen-bond donors (Lipinski definition) is 0. The number of aromatic nitrogens is 1. The zero-order valence-corrected chi connectivity index (χ0v) is 13.8. The van der Waals surface area contributed by atoms with Gasteiger partial charge >= 0.3 is 0 Å². The highest BCUT2D eigenvalue weighted by Gasteiger charge is 2.33. The number of aryl methyl sites for hydroxylation is 1. The maximum Gasteiger partial charge on any atom is 0.244 e. The molecule has 1 aromatic heterocycles. The van der Waals surface area contributed by atoms with E-state index in [1.165, 1.54) is 0 Å². The molecule has 1 fully saturated rings. The summed E-state index contributed by atoms with van der Waals surface area (Å²) in [6, 6.07) is 1.68. The van der Waals surface area contributed by atoms with Crippen molar-refractivity contribution in [2.45, 2.75) is 37.2 Å².